The van der Waals surface area contributed by atoms with Crippen molar-refractivity contribution in [1.29, 1.82) is 0 Å². The Labute approximate surface area is 178 Å². The van der Waals surface area contributed by atoms with E-state index in [0.29, 0.717) is 30.3 Å². The summed E-state index contributed by atoms with van der Waals surface area (Å²) in [6, 6.07) is 23.1. The highest BCUT2D eigenvalue weighted by Gasteiger charge is 2.08. The lowest BCUT2D eigenvalue weighted by atomic mass is 10.1. The molecular weight excluding hydrogens is 396 g/mol. The number of hydrogen-bond acceptors (Lipinski definition) is 6. The predicted molar refractivity (Wildman–Crippen MR) is 115 cm³/mol. The summed E-state index contributed by atoms with van der Waals surface area (Å²) in [6.45, 7) is 0.420. The molecule has 0 unspecified atom stereocenters. The molecule has 4 rings (SSSR count). The number of amides is 1. The minimum Gasteiger partial charge on any atom is -0.430 e. The van der Waals surface area contributed by atoms with Crippen molar-refractivity contribution in [2.45, 2.75) is 19.4 Å². The molecule has 0 spiro atoms. The van der Waals surface area contributed by atoms with E-state index in [1.165, 1.54) is 11.5 Å². The lowest BCUT2D eigenvalue weighted by molar-refractivity contribution is -0.120. The lowest BCUT2D eigenvalue weighted by Crippen LogP contribution is -2.24. The van der Waals surface area contributed by atoms with Crippen LogP contribution in [0.15, 0.2) is 79.0 Å². The number of pyridine rings is 1. The number of ether oxygens (including phenoxy) is 1. The summed E-state index contributed by atoms with van der Waals surface area (Å²) in [5.74, 6) is 1.35. The third-order valence-electron chi connectivity index (χ3n) is 4.34. The quantitative estimate of drug-likeness (QED) is 0.466. The second-order valence-corrected chi connectivity index (χ2v) is 7.37. The molecule has 2 heterocycles. The molecule has 2 aromatic carbocycles. The molecule has 1 N–H and O–H groups in total. The zero-order valence-electron chi connectivity index (χ0n) is 16.2. The molecule has 0 aliphatic rings. The Balaban J connectivity index is 1.28. The van der Waals surface area contributed by atoms with Crippen molar-refractivity contribution < 1.29 is 9.53 Å². The number of carbonyl (C=O) groups is 1. The SMILES string of the molecule is O=C(Cc1ccc(Oc2nc(Cc3ccccc3)ns2)cc1)NCc1ccccn1. The highest BCUT2D eigenvalue weighted by molar-refractivity contribution is 7.07. The molecule has 0 aliphatic heterocycles. The van der Waals surface area contributed by atoms with Crippen molar-refractivity contribution in [3.8, 4) is 10.9 Å². The fraction of sp³-hybridized carbons (Fsp3) is 0.130. The number of rotatable bonds is 8. The van der Waals surface area contributed by atoms with Gasteiger partial charge in [-0.3, -0.25) is 9.78 Å². The van der Waals surface area contributed by atoms with Gasteiger partial charge in [0.25, 0.3) is 5.19 Å². The smallest absolute Gasteiger partial charge is 0.298 e. The minimum atomic E-state index is -0.0519. The monoisotopic (exact) mass is 416 g/mol. The van der Waals surface area contributed by atoms with E-state index >= 15 is 0 Å². The van der Waals surface area contributed by atoms with Crippen molar-refractivity contribution in [2.75, 3.05) is 0 Å². The second-order valence-electron chi connectivity index (χ2n) is 6.66. The van der Waals surface area contributed by atoms with Gasteiger partial charge in [0.2, 0.25) is 5.91 Å². The Morgan fingerprint density at radius 3 is 2.50 bits per heavy atom. The molecule has 4 aromatic rings. The maximum Gasteiger partial charge on any atom is 0.298 e. The molecule has 0 saturated carbocycles. The van der Waals surface area contributed by atoms with Crippen LogP contribution in [0.2, 0.25) is 0 Å². The Bertz CT molecular complexity index is 1080. The molecule has 0 fully saturated rings. The van der Waals surface area contributed by atoms with Gasteiger partial charge in [0.1, 0.15) is 5.75 Å². The third-order valence-corrected chi connectivity index (χ3v) is 4.97. The second kappa shape index (κ2) is 9.76. The van der Waals surface area contributed by atoms with Crippen molar-refractivity contribution in [3.63, 3.8) is 0 Å². The molecule has 1 amide bonds. The van der Waals surface area contributed by atoms with E-state index < -0.39 is 0 Å². The van der Waals surface area contributed by atoms with E-state index in [2.05, 4.69) is 19.7 Å². The molecule has 2 aromatic heterocycles. The number of nitrogens with one attached hydrogen (secondary N) is 1. The van der Waals surface area contributed by atoms with Crippen LogP contribution in [0.3, 0.4) is 0 Å². The van der Waals surface area contributed by atoms with Gasteiger partial charge in [-0.25, -0.2) is 0 Å². The molecule has 6 nitrogen and oxygen atoms in total. The zero-order chi connectivity index (χ0) is 20.6. The van der Waals surface area contributed by atoms with Gasteiger partial charge < -0.3 is 10.1 Å². The first-order valence-corrected chi connectivity index (χ1v) is 10.3. The minimum absolute atomic E-state index is 0.0519. The van der Waals surface area contributed by atoms with E-state index in [1.807, 2.05) is 72.8 Å². The summed E-state index contributed by atoms with van der Waals surface area (Å²) in [4.78, 5) is 20.8. The number of nitrogens with zero attached hydrogens (tertiary/aromatic N) is 3. The van der Waals surface area contributed by atoms with Gasteiger partial charge in [-0.05, 0) is 35.4 Å². The first kappa shape index (κ1) is 19.7. The van der Waals surface area contributed by atoms with Crippen molar-refractivity contribution >= 4 is 17.4 Å². The number of hydrogen-bond donors (Lipinski definition) is 1. The largest absolute Gasteiger partial charge is 0.430 e. The number of benzene rings is 2. The Morgan fingerprint density at radius 1 is 0.933 bits per heavy atom. The normalized spacial score (nSPS) is 10.5. The standard InChI is InChI=1S/C23H20N4O2S/c28-22(25-16-19-8-4-5-13-24-19)15-18-9-11-20(12-10-18)29-23-26-21(27-30-23)14-17-6-2-1-3-7-17/h1-13H,14-16H2,(H,25,28). The van der Waals surface area contributed by atoms with Gasteiger partial charge in [0.15, 0.2) is 5.82 Å². The van der Waals surface area contributed by atoms with Crippen LogP contribution >= 0.6 is 11.5 Å². The van der Waals surface area contributed by atoms with Crippen LogP contribution in [0.5, 0.6) is 10.9 Å². The van der Waals surface area contributed by atoms with E-state index in [9.17, 15) is 4.79 Å². The predicted octanol–water partition coefficient (Wildman–Crippen LogP) is 4.18. The fourth-order valence-electron chi connectivity index (χ4n) is 2.85. The average Bonchev–Trinajstić information content (AvgIpc) is 3.22. The summed E-state index contributed by atoms with van der Waals surface area (Å²) in [6.07, 6.45) is 2.68. The maximum absolute atomic E-state index is 12.1. The highest BCUT2D eigenvalue weighted by atomic mass is 32.1. The summed E-state index contributed by atoms with van der Waals surface area (Å²) in [5.41, 5.74) is 2.90. The van der Waals surface area contributed by atoms with Crippen LogP contribution < -0.4 is 10.1 Å². The first-order chi connectivity index (χ1) is 14.7. The maximum atomic E-state index is 12.1. The van der Waals surface area contributed by atoms with Crippen molar-refractivity contribution in [1.82, 2.24) is 19.7 Å². The van der Waals surface area contributed by atoms with Crippen LogP contribution in [0.4, 0.5) is 0 Å². The molecule has 7 heteroatoms. The van der Waals surface area contributed by atoms with E-state index in [4.69, 9.17) is 4.74 Å². The Hall–Kier alpha value is -3.58. The van der Waals surface area contributed by atoms with Crippen molar-refractivity contribution in [2.24, 2.45) is 0 Å². The number of aromatic nitrogens is 3. The zero-order valence-corrected chi connectivity index (χ0v) is 17.0. The van der Waals surface area contributed by atoms with Crippen LogP contribution in [-0.4, -0.2) is 20.2 Å². The summed E-state index contributed by atoms with van der Waals surface area (Å²) >= 11 is 1.23. The van der Waals surface area contributed by atoms with E-state index in [0.717, 1.165) is 22.6 Å². The van der Waals surface area contributed by atoms with Crippen LogP contribution in [-0.2, 0) is 24.2 Å². The lowest BCUT2D eigenvalue weighted by Gasteiger charge is -2.06. The van der Waals surface area contributed by atoms with Crippen molar-refractivity contribution in [3.05, 3.63) is 102 Å². The fourth-order valence-corrected chi connectivity index (χ4v) is 3.41. The highest BCUT2D eigenvalue weighted by Crippen LogP contribution is 2.24. The average molecular weight is 417 g/mol. The summed E-state index contributed by atoms with van der Waals surface area (Å²) in [5, 5.41) is 3.38. The van der Waals surface area contributed by atoms with Gasteiger partial charge in [-0.15, -0.1) is 0 Å². The van der Waals surface area contributed by atoms with Gasteiger partial charge >= 0.3 is 0 Å². The van der Waals surface area contributed by atoms with Gasteiger partial charge in [0, 0.05) is 24.2 Å². The molecule has 0 bridgehead atoms. The molecule has 0 atom stereocenters. The molecule has 0 radical (unpaired) electrons. The number of carbonyl (C=O) groups excluding carboxylic acids is 1. The summed E-state index contributed by atoms with van der Waals surface area (Å²) in [7, 11) is 0. The van der Waals surface area contributed by atoms with E-state index in [-0.39, 0.29) is 5.91 Å². The van der Waals surface area contributed by atoms with E-state index in [1.54, 1.807) is 6.20 Å². The summed E-state index contributed by atoms with van der Waals surface area (Å²) < 4.78 is 10.2. The first-order valence-electron chi connectivity index (χ1n) is 9.54. The molecule has 0 saturated heterocycles. The van der Waals surface area contributed by atoms with Crippen LogP contribution in [0.25, 0.3) is 0 Å². The molecular formula is C23H20N4O2S. The Morgan fingerprint density at radius 2 is 1.73 bits per heavy atom. The van der Waals surface area contributed by atoms with Crippen LogP contribution in [0, 0.1) is 0 Å². The van der Waals surface area contributed by atoms with Gasteiger partial charge in [-0.1, -0.05) is 48.5 Å². The Kier molecular flexibility index (Phi) is 6.41. The third kappa shape index (κ3) is 5.71. The molecule has 150 valence electrons. The van der Waals surface area contributed by atoms with Gasteiger partial charge in [0.05, 0.1) is 18.7 Å². The molecule has 30 heavy (non-hydrogen) atoms. The molecule has 0 aliphatic carbocycles. The van der Waals surface area contributed by atoms with Gasteiger partial charge in [-0.2, -0.15) is 9.36 Å². The van der Waals surface area contributed by atoms with Crippen LogP contribution in [0.1, 0.15) is 22.6 Å². The topological polar surface area (TPSA) is 77.0 Å².